The van der Waals surface area contributed by atoms with E-state index in [1.165, 1.54) is 0 Å². The molecule has 0 saturated carbocycles. The Kier molecular flexibility index (Phi) is 3.20. The number of tetrazole rings is 1. The van der Waals surface area contributed by atoms with Gasteiger partial charge < -0.3 is 9.73 Å². The van der Waals surface area contributed by atoms with Crippen LogP contribution in [0.3, 0.4) is 0 Å². The molecule has 102 valence electrons. The van der Waals surface area contributed by atoms with E-state index in [-0.39, 0.29) is 0 Å². The van der Waals surface area contributed by atoms with Gasteiger partial charge in [-0.3, -0.25) is 0 Å². The number of hydrogen-bond acceptors (Lipinski definition) is 5. The Morgan fingerprint density at radius 1 is 1.20 bits per heavy atom. The molecular weight excluding hydrogens is 254 g/mol. The lowest BCUT2D eigenvalue weighted by Gasteiger charge is -2.09. The second-order valence-electron chi connectivity index (χ2n) is 4.62. The van der Waals surface area contributed by atoms with Gasteiger partial charge in [0, 0.05) is 5.69 Å². The van der Waals surface area contributed by atoms with Crippen LogP contribution in [0.4, 0.5) is 5.69 Å². The fourth-order valence-corrected chi connectivity index (χ4v) is 2.06. The zero-order valence-electron chi connectivity index (χ0n) is 11.4. The van der Waals surface area contributed by atoms with Crippen LogP contribution >= 0.6 is 0 Å². The van der Waals surface area contributed by atoms with Gasteiger partial charge in [0.2, 0.25) is 0 Å². The summed E-state index contributed by atoms with van der Waals surface area (Å²) in [6.07, 6.45) is 1.58. The molecule has 2 heterocycles. The molecule has 3 rings (SSSR count). The molecule has 0 spiro atoms. The van der Waals surface area contributed by atoms with Gasteiger partial charge in [-0.2, -0.15) is 0 Å². The van der Waals surface area contributed by atoms with E-state index in [1.54, 1.807) is 11.0 Å². The Balaban J connectivity index is 1.74. The summed E-state index contributed by atoms with van der Waals surface area (Å²) < 4.78 is 7.17. The molecule has 1 aromatic carbocycles. The number of benzene rings is 1. The van der Waals surface area contributed by atoms with Gasteiger partial charge in [-0.25, -0.2) is 4.68 Å². The number of nitrogens with zero attached hydrogens (tertiary/aromatic N) is 4. The van der Waals surface area contributed by atoms with Crippen LogP contribution in [0.15, 0.2) is 41.1 Å². The summed E-state index contributed by atoms with van der Waals surface area (Å²) in [6.45, 7) is 4.63. The first kappa shape index (κ1) is 12.4. The molecule has 0 unspecified atom stereocenters. The Morgan fingerprint density at radius 3 is 2.75 bits per heavy atom. The first-order valence-corrected chi connectivity index (χ1v) is 6.35. The molecule has 6 nitrogen and oxygen atoms in total. The lowest BCUT2D eigenvalue weighted by atomic mass is 10.2. The maximum atomic E-state index is 5.52. The van der Waals surface area contributed by atoms with E-state index in [9.17, 15) is 0 Å². The third-order valence-corrected chi connectivity index (χ3v) is 3.06. The van der Waals surface area contributed by atoms with Crippen LogP contribution < -0.4 is 5.32 Å². The Labute approximate surface area is 116 Å². The molecule has 0 bridgehead atoms. The van der Waals surface area contributed by atoms with E-state index in [1.807, 2.05) is 38.1 Å². The van der Waals surface area contributed by atoms with Crippen molar-refractivity contribution in [3.8, 4) is 5.69 Å². The summed E-state index contributed by atoms with van der Waals surface area (Å²) in [5, 5.41) is 14.5. The first-order valence-electron chi connectivity index (χ1n) is 6.35. The minimum Gasteiger partial charge on any atom is -0.465 e. The summed E-state index contributed by atoms with van der Waals surface area (Å²) in [4.78, 5) is 0. The topological polar surface area (TPSA) is 68.8 Å². The quantitative estimate of drug-likeness (QED) is 0.788. The van der Waals surface area contributed by atoms with Crippen molar-refractivity contribution < 1.29 is 4.42 Å². The van der Waals surface area contributed by atoms with Crippen molar-refractivity contribution in [3.63, 3.8) is 0 Å². The van der Waals surface area contributed by atoms with Crippen LogP contribution in [0.2, 0.25) is 0 Å². The predicted molar refractivity (Wildman–Crippen MR) is 74.7 cm³/mol. The third kappa shape index (κ3) is 2.54. The highest BCUT2D eigenvalue weighted by atomic mass is 16.3. The number of aromatic nitrogens is 4. The number of furan rings is 1. The zero-order chi connectivity index (χ0) is 13.9. The monoisotopic (exact) mass is 269 g/mol. The van der Waals surface area contributed by atoms with Gasteiger partial charge >= 0.3 is 0 Å². The van der Waals surface area contributed by atoms with Crippen LogP contribution in [-0.2, 0) is 6.54 Å². The molecule has 2 aromatic heterocycles. The van der Waals surface area contributed by atoms with Gasteiger partial charge in [-0.05, 0) is 60.2 Å². The highest BCUT2D eigenvalue weighted by molar-refractivity contribution is 5.53. The largest absolute Gasteiger partial charge is 0.465 e. The van der Waals surface area contributed by atoms with Crippen molar-refractivity contribution in [1.82, 2.24) is 20.2 Å². The second kappa shape index (κ2) is 5.16. The summed E-state index contributed by atoms with van der Waals surface area (Å²) in [5.74, 6) is 1.84. The van der Waals surface area contributed by atoms with E-state index >= 15 is 0 Å². The number of hydrogen-bond donors (Lipinski definition) is 1. The average Bonchev–Trinajstić information content (AvgIpc) is 3.08. The molecule has 1 N–H and O–H groups in total. The molecular formula is C14H15N5O. The van der Waals surface area contributed by atoms with Crippen LogP contribution in [-0.4, -0.2) is 20.2 Å². The maximum Gasteiger partial charge on any atom is 0.143 e. The van der Waals surface area contributed by atoms with Crippen LogP contribution in [0.5, 0.6) is 0 Å². The van der Waals surface area contributed by atoms with Crippen LogP contribution in [0.1, 0.15) is 17.1 Å². The Bertz CT molecular complexity index is 702. The summed E-state index contributed by atoms with van der Waals surface area (Å²) in [6, 6.07) is 9.99. The van der Waals surface area contributed by atoms with Gasteiger partial charge in [0.05, 0.1) is 12.2 Å². The molecule has 3 aromatic rings. The zero-order valence-corrected chi connectivity index (χ0v) is 11.4. The smallest absolute Gasteiger partial charge is 0.143 e. The molecule has 0 fully saturated rings. The highest BCUT2D eigenvalue weighted by Crippen LogP contribution is 2.18. The predicted octanol–water partition coefficient (Wildman–Crippen LogP) is 2.48. The van der Waals surface area contributed by atoms with Crippen molar-refractivity contribution in [3.05, 3.63) is 53.7 Å². The maximum absolute atomic E-state index is 5.52. The lowest BCUT2D eigenvalue weighted by molar-refractivity contribution is 0.490. The standard InChI is InChI=1S/C14H15N5O/c1-10-7-12(15-8-13-5-3-11(2)20-13)4-6-14(10)19-9-16-17-18-19/h3-7,9,15H,8H2,1-2H3. The van der Waals surface area contributed by atoms with Gasteiger partial charge in [0.15, 0.2) is 0 Å². The van der Waals surface area contributed by atoms with Gasteiger partial charge in [0.1, 0.15) is 17.8 Å². The number of anilines is 1. The van der Waals surface area contributed by atoms with E-state index in [0.29, 0.717) is 6.54 Å². The molecule has 0 saturated heterocycles. The van der Waals surface area contributed by atoms with Crippen molar-refractivity contribution in [2.75, 3.05) is 5.32 Å². The van der Waals surface area contributed by atoms with Crippen molar-refractivity contribution in [1.29, 1.82) is 0 Å². The number of nitrogens with one attached hydrogen (secondary N) is 1. The summed E-state index contributed by atoms with van der Waals surface area (Å²) in [5.41, 5.74) is 3.10. The van der Waals surface area contributed by atoms with Gasteiger partial charge in [0.25, 0.3) is 0 Å². The molecule has 20 heavy (non-hydrogen) atoms. The van der Waals surface area contributed by atoms with Crippen LogP contribution in [0, 0.1) is 13.8 Å². The minimum atomic E-state index is 0.664. The molecule has 0 radical (unpaired) electrons. The van der Waals surface area contributed by atoms with Crippen LogP contribution in [0.25, 0.3) is 5.69 Å². The van der Waals surface area contributed by atoms with Gasteiger partial charge in [-0.1, -0.05) is 0 Å². The lowest BCUT2D eigenvalue weighted by Crippen LogP contribution is -2.01. The third-order valence-electron chi connectivity index (χ3n) is 3.06. The molecule has 0 aliphatic rings. The van der Waals surface area contributed by atoms with E-state index in [0.717, 1.165) is 28.5 Å². The molecule has 0 atom stereocenters. The Morgan fingerprint density at radius 2 is 2.10 bits per heavy atom. The van der Waals surface area contributed by atoms with E-state index < -0.39 is 0 Å². The number of rotatable bonds is 4. The minimum absolute atomic E-state index is 0.664. The summed E-state index contributed by atoms with van der Waals surface area (Å²) in [7, 11) is 0. The van der Waals surface area contributed by atoms with E-state index in [4.69, 9.17) is 4.42 Å². The SMILES string of the molecule is Cc1ccc(CNc2ccc(-n3cnnn3)c(C)c2)o1. The molecule has 6 heteroatoms. The fraction of sp³-hybridized carbons (Fsp3) is 0.214. The van der Waals surface area contributed by atoms with Crippen molar-refractivity contribution in [2.45, 2.75) is 20.4 Å². The Hall–Kier alpha value is -2.63. The van der Waals surface area contributed by atoms with Crippen molar-refractivity contribution in [2.24, 2.45) is 0 Å². The van der Waals surface area contributed by atoms with Crippen molar-refractivity contribution >= 4 is 5.69 Å². The highest BCUT2D eigenvalue weighted by Gasteiger charge is 2.04. The summed E-state index contributed by atoms with van der Waals surface area (Å²) >= 11 is 0. The van der Waals surface area contributed by atoms with Gasteiger partial charge in [-0.15, -0.1) is 5.10 Å². The fourth-order valence-electron chi connectivity index (χ4n) is 2.06. The average molecular weight is 269 g/mol. The first-order chi connectivity index (χ1) is 9.72. The second-order valence-corrected chi connectivity index (χ2v) is 4.62. The molecule has 0 amide bonds. The normalized spacial score (nSPS) is 10.7. The van der Waals surface area contributed by atoms with E-state index in [2.05, 4.69) is 26.9 Å². The number of aryl methyl sites for hydroxylation is 2. The molecule has 0 aliphatic heterocycles. The molecule has 0 aliphatic carbocycles.